The Hall–Kier alpha value is -1.85. The maximum atomic E-state index is 11.7. The van der Waals surface area contributed by atoms with Crippen molar-refractivity contribution in [2.45, 2.75) is 58.1 Å². The molecule has 116 valence electrons. The Morgan fingerprint density at radius 2 is 2.33 bits per heavy atom. The molecule has 6 heteroatoms. The number of nitrogens with zero attached hydrogens (tertiary/aromatic N) is 2. The molecule has 0 aromatic carbocycles. The summed E-state index contributed by atoms with van der Waals surface area (Å²) in [5.74, 6) is 0.293. The van der Waals surface area contributed by atoms with Gasteiger partial charge in [0.25, 0.3) is 0 Å². The molecular formula is C15H23N3O3. The van der Waals surface area contributed by atoms with Crippen molar-refractivity contribution in [3.63, 3.8) is 0 Å². The second-order valence-electron chi connectivity index (χ2n) is 6.10. The maximum Gasteiger partial charge on any atom is 0.329 e. The van der Waals surface area contributed by atoms with E-state index in [-0.39, 0.29) is 6.10 Å². The lowest BCUT2D eigenvalue weighted by atomic mass is 9.76. The van der Waals surface area contributed by atoms with Gasteiger partial charge in [-0.3, -0.25) is 0 Å². The van der Waals surface area contributed by atoms with Gasteiger partial charge in [-0.1, -0.05) is 19.8 Å². The lowest BCUT2D eigenvalue weighted by Crippen LogP contribution is -2.50. The number of hydrogen-bond donors (Lipinski definition) is 2. The number of aliphatic carboxylic acids is 1. The number of nitrogens with one attached hydrogen (secondary N) is 1. The van der Waals surface area contributed by atoms with Crippen LogP contribution in [0.15, 0.2) is 12.3 Å². The minimum absolute atomic E-state index is 0.0101. The Bertz CT molecular complexity index is 507. The van der Waals surface area contributed by atoms with Crippen molar-refractivity contribution in [3.8, 4) is 5.88 Å². The van der Waals surface area contributed by atoms with E-state index in [1.54, 1.807) is 12.3 Å². The fraction of sp³-hybridized carbons (Fsp3) is 0.667. The normalized spacial score (nSPS) is 25.6. The summed E-state index contributed by atoms with van der Waals surface area (Å²) in [5, 5.41) is 12.7. The monoisotopic (exact) mass is 293 g/mol. The van der Waals surface area contributed by atoms with Crippen LogP contribution in [0.25, 0.3) is 0 Å². The Morgan fingerprint density at radius 3 is 2.95 bits per heavy atom. The lowest BCUT2D eigenvalue weighted by Gasteiger charge is -2.37. The molecule has 1 aromatic rings. The lowest BCUT2D eigenvalue weighted by molar-refractivity contribution is -0.144. The van der Waals surface area contributed by atoms with Crippen molar-refractivity contribution in [1.82, 2.24) is 9.97 Å². The smallest absolute Gasteiger partial charge is 0.329 e. The molecule has 0 radical (unpaired) electrons. The zero-order chi connectivity index (χ0) is 15.5. The highest BCUT2D eigenvalue weighted by molar-refractivity contribution is 5.82. The van der Waals surface area contributed by atoms with Crippen LogP contribution in [0.3, 0.4) is 0 Å². The van der Waals surface area contributed by atoms with Crippen LogP contribution >= 0.6 is 0 Å². The van der Waals surface area contributed by atoms with E-state index >= 15 is 0 Å². The van der Waals surface area contributed by atoms with Gasteiger partial charge in [0, 0.05) is 12.3 Å². The highest BCUT2D eigenvalue weighted by Crippen LogP contribution is 2.34. The Balaban J connectivity index is 2.19. The second kappa shape index (κ2) is 6.28. The van der Waals surface area contributed by atoms with Crippen molar-refractivity contribution < 1.29 is 14.6 Å². The molecule has 21 heavy (non-hydrogen) atoms. The molecule has 0 bridgehead atoms. The first-order valence-corrected chi connectivity index (χ1v) is 7.42. The summed E-state index contributed by atoms with van der Waals surface area (Å²) in [7, 11) is 0. The average molecular weight is 293 g/mol. The van der Waals surface area contributed by atoms with Gasteiger partial charge in [0.2, 0.25) is 11.8 Å². The first-order valence-electron chi connectivity index (χ1n) is 7.42. The second-order valence-corrected chi connectivity index (χ2v) is 6.10. The Labute approximate surface area is 124 Å². The van der Waals surface area contributed by atoms with Crippen LogP contribution < -0.4 is 10.1 Å². The van der Waals surface area contributed by atoms with Crippen LogP contribution in [0.2, 0.25) is 0 Å². The minimum Gasteiger partial charge on any atom is -0.480 e. The summed E-state index contributed by atoms with van der Waals surface area (Å²) in [6.45, 7) is 5.91. The zero-order valence-electron chi connectivity index (χ0n) is 12.8. The Kier molecular flexibility index (Phi) is 4.65. The molecule has 1 aliphatic rings. The number of carbonyl (C=O) groups is 1. The number of aromatic nitrogens is 2. The van der Waals surface area contributed by atoms with Gasteiger partial charge in [0.1, 0.15) is 5.54 Å². The summed E-state index contributed by atoms with van der Waals surface area (Å²) in [6.07, 6.45) is 4.72. The maximum absolute atomic E-state index is 11.7. The molecule has 1 aromatic heterocycles. The number of carboxylic acids is 1. The van der Waals surface area contributed by atoms with E-state index in [0.717, 1.165) is 12.8 Å². The molecule has 2 atom stereocenters. The first kappa shape index (κ1) is 15.5. The van der Waals surface area contributed by atoms with Crippen LogP contribution in [-0.2, 0) is 4.79 Å². The summed E-state index contributed by atoms with van der Waals surface area (Å²) in [4.78, 5) is 20.1. The standard InChI is InChI=1S/C15H23N3O3/c1-10(2)21-12-6-8-16-14(17-12)18-15(13(19)20)7-4-5-11(3)9-15/h6,8,10-11H,4-5,7,9H2,1-3H3,(H,19,20)(H,16,17,18). The molecule has 6 nitrogen and oxygen atoms in total. The molecule has 2 unspecified atom stereocenters. The van der Waals surface area contributed by atoms with Gasteiger partial charge in [-0.15, -0.1) is 0 Å². The highest BCUT2D eigenvalue weighted by atomic mass is 16.5. The first-order chi connectivity index (χ1) is 9.91. The molecule has 1 heterocycles. The van der Waals surface area contributed by atoms with Crippen LogP contribution in [0.4, 0.5) is 5.95 Å². The number of hydrogen-bond acceptors (Lipinski definition) is 5. The van der Waals surface area contributed by atoms with Crippen LogP contribution in [0.5, 0.6) is 5.88 Å². The molecule has 1 fully saturated rings. The fourth-order valence-corrected chi connectivity index (χ4v) is 2.84. The molecule has 1 aliphatic carbocycles. The minimum atomic E-state index is -0.978. The molecule has 0 aliphatic heterocycles. The van der Waals surface area contributed by atoms with Gasteiger partial charge in [-0.05, 0) is 32.6 Å². The molecule has 1 saturated carbocycles. The molecule has 2 rings (SSSR count). The van der Waals surface area contributed by atoms with Crippen molar-refractivity contribution >= 4 is 11.9 Å². The number of ether oxygens (including phenoxy) is 1. The number of anilines is 1. The highest BCUT2D eigenvalue weighted by Gasteiger charge is 2.42. The Morgan fingerprint density at radius 1 is 1.57 bits per heavy atom. The van der Waals surface area contributed by atoms with Crippen molar-refractivity contribution in [1.29, 1.82) is 0 Å². The van der Waals surface area contributed by atoms with E-state index in [4.69, 9.17) is 4.74 Å². The molecule has 2 N–H and O–H groups in total. The molecule has 0 spiro atoms. The van der Waals surface area contributed by atoms with Gasteiger partial charge in [0.05, 0.1) is 6.10 Å². The number of rotatable bonds is 5. The largest absolute Gasteiger partial charge is 0.480 e. The van der Waals surface area contributed by atoms with E-state index < -0.39 is 11.5 Å². The molecular weight excluding hydrogens is 270 g/mol. The summed E-state index contributed by atoms with van der Waals surface area (Å²) >= 11 is 0. The van der Waals surface area contributed by atoms with Gasteiger partial charge in [-0.25, -0.2) is 9.78 Å². The van der Waals surface area contributed by atoms with E-state index in [0.29, 0.717) is 30.6 Å². The zero-order valence-corrected chi connectivity index (χ0v) is 12.8. The average Bonchev–Trinajstić information content (AvgIpc) is 2.38. The topological polar surface area (TPSA) is 84.3 Å². The van der Waals surface area contributed by atoms with Gasteiger partial charge < -0.3 is 15.2 Å². The fourth-order valence-electron chi connectivity index (χ4n) is 2.84. The van der Waals surface area contributed by atoms with Crippen molar-refractivity contribution in [3.05, 3.63) is 12.3 Å². The summed E-state index contributed by atoms with van der Waals surface area (Å²) in [5.41, 5.74) is -0.978. The van der Waals surface area contributed by atoms with E-state index in [1.165, 1.54) is 0 Å². The predicted molar refractivity (Wildman–Crippen MR) is 79.4 cm³/mol. The SMILES string of the molecule is CC1CCCC(Nc2nccc(OC(C)C)n2)(C(=O)O)C1. The van der Waals surface area contributed by atoms with Crippen LogP contribution in [0.1, 0.15) is 46.5 Å². The van der Waals surface area contributed by atoms with Crippen molar-refractivity contribution in [2.24, 2.45) is 5.92 Å². The van der Waals surface area contributed by atoms with E-state index in [9.17, 15) is 9.90 Å². The van der Waals surface area contributed by atoms with E-state index in [2.05, 4.69) is 22.2 Å². The third-order valence-corrected chi connectivity index (χ3v) is 3.74. The van der Waals surface area contributed by atoms with Gasteiger partial charge in [0.15, 0.2) is 0 Å². The summed E-state index contributed by atoms with van der Waals surface area (Å²) in [6, 6.07) is 1.67. The van der Waals surface area contributed by atoms with Crippen LogP contribution in [0, 0.1) is 5.92 Å². The van der Waals surface area contributed by atoms with Crippen LogP contribution in [-0.4, -0.2) is 32.7 Å². The quantitative estimate of drug-likeness (QED) is 0.868. The van der Waals surface area contributed by atoms with Crippen molar-refractivity contribution in [2.75, 3.05) is 5.32 Å². The predicted octanol–water partition coefficient (Wildman–Crippen LogP) is 2.71. The number of carboxylic acid groups (broad SMARTS) is 1. The third kappa shape index (κ3) is 3.83. The third-order valence-electron chi connectivity index (χ3n) is 3.74. The molecule has 0 saturated heterocycles. The molecule has 0 amide bonds. The summed E-state index contributed by atoms with van der Waals surface area (Å²) < 4.78 is 5.52. The van der Waals surface area contributed by atoms with Gasteiger partial charge in [-0.2, -0.15) is 4.98 Å². The van der Waals surface area contributed by atoms with E-state index in [1.807, 2.05) is 13.8 Å². The van der Waals surface area contributed by atoms with Gasteiger partial charge >= 0.3 is 5.97 Å².